The van der Waals surface area contributed by atoms with E-state index in [1.54, 1.807) is 0 Å². The van der Waals surface area contributed by atoms with Crippen molar-refractivity contribution >= 4 is 17.3 Å². The first kappa shape index (κ1) is 13.3. The summed E-state index contributed by atoms with van der Waals surface area (Å²) in [6, 6.07) is 7.96. The second-order valence-corrected chi connectivity index (χ2v) is 6.39. The van der Waals surface area contributed by atoms with E-state index in [1.165, 1.54) is 49.8 Å². The summed E-state index contributed by atoms with van der Waals surface area (Å²) in [5.74, 6) is 0. The zero-order chi connectivity index (χ0) is 13.2. The Bertz CT molecular complexity index is 436. The third-order valence-corrected chi connectivity index (χ3v) is 4.83. The Kier molecular flexibility index (Phi) is 3.99. The van der Waals surface area contributed by atoms with E-state index < -0.39 is 0 Å². The van der Waals surface area contributed by atoms with E-state index in [-0.39, 0.29) is 0 Å². The molecule has 2 aliphatic rings. The number of hydrogen-bond donors (Lipinski definition) is 1. The van der Waals surface area contributed by atoms with Crippen molar-refractivity contribution in [2.45, 2.75) is 57.2 Å². The predicted octanol–water partition coefficient (Wildman–Crippen LogP) is 3.97. The molecule has 0 unspecified atom stereocenters. The summed E-state index contributed by atoms with van der Waals surface area (Å²) in [7, 11) is 2.20. The molecule has 0 aliphatic heterocycles. The van der Waals surface area contributed by atoms with Crippen LogP contribution in [0.3, 0.4) is 0 Å². The van der Waals surface area contributed by atoms with Crippen LogP contribution in [-0.4, -0.2) is 19.1 Å². The van der Waals surface area contributed by atoms with Gasteiger partial charge in [0.15, 0.2) is 0 Å². The van der Waals surface area contributed by atoms with Crippen LogP contribution in [-0.2, 0) is 6.54 Å². The number of anilines is 1. The average Bonchev–Trinajstić information content (AvgIpc) is 3.08. The first-order valence-electron chi connectivity index (χ1n) is 7.48. The van der Waals surface area contributed by atoms with E-state index in [2.05, 4.69) is 35.5 Å². The van der Waals surface area contributed by atoms with Gasteiger partial charge in [-0.3, -0.25) is 0 Å². The highest BCUT2D eigenvalue weighted by Gasteiger charge is 2.22. The van der Waals surface area contributed by atoms with Crippen molar-refractivity contribution in [2.24, 2.45) is 0 Å². The van der Waals surface area contributed by atoms with E-state index >= 15 is 0 Å². The standard InChI is InChI=1S/C16H23ClN2/c1-19(14-4-2-3-5-14)15-9-6-12(16(17)10-15)11-18-13-7-8-13/h6,9-10,13-14,18H,2-5,7-8,11H2,1H3. The summed E-state index contributed by atoms with van der Waals surface area (Å²) < 4.78 is 0. The van der Waals surface area contributed by atoms with Crippen molar-refractivity contribution in [1.82, 2.24) is 5.32 Å². The quantitative estimate of drug-likeness (QED) is 0.877. The summed E-state index contributed by atoms with van der Waals surface area (Å²) in [5, 5.41) is 4.42. The lowest BCUT2D eigenvalue weighted by Gasteiger charge is -2.27. The van der Waals surface area contributed by atoms with Crippen LogP contribution < -0.4 is 10.2 Å². The Morgan fingerprint density at radius 3 is 2.58 bits per heavy atom. The zero-order valence-corrected chi connectivity index (χ0v) is 12.4. The smallest absolute Gasteiger partial charge is 0.0471 e. The maximum Gasteiger partial charge on any atom is 0.0471 e. The van der Waals surface area contributed by atoms with Gasteiger partial charge in [-0.1, -0.05) is 30.5 Å². The molecule has 0 radical (unpaired) electrons. The molecule has 2 fully saturated rings. The maximum atomic E-state index is 6.42. The van der Waals surface area contributed by atoms with Gasteiger partial charge < -0.3 is 10.2 Å². The molecule has 0 aromatic heterocycles. The lowest BCUT2D eigenvalue weighted by molar-refractivity contribution is 0.652. The van der Waals surface area contributed by atoms with Crippen molar-refractivity contribution < 1.29 is 0 Å². The van der Waals surface area contributed by atoms with Crippen molar-refractivity contribution in [3.8, 4) is 0 Å². The SMILES string of the molecule is CN(c1ccc(CNC2CC2)c(Cl)c1)C1CCCC1. The van der Waals surface area contributed by atoms with Gasteiger partial charge in [-0.2, -0.15) is 0 Å². The topological polar surface area (TPSA) is 15.3 Å². The molecule has 2 nitrogen and oxygen atoms in total. The third-order valence-electron chi connectivity index (χ3n) is 4.47. The van der Waals surface area contributed by atoms with E-state index in [9.17, 15) is 0 Å². The number of nitrogens with one attached hydrogen (secondary N) is 1. The van der Waals surface area contributed by atoms with Crippen LogP contribution in [0.4, 0.5) is 5.69 Å². The lowest BCUT2D eigenvalue weighted by Crippen LogP contribution is -2.28. The number of benzene rings is 1. The molecule has 0 amide bonds. The van der Waals surface area contributed by atoms with Gasteiger partial charge in [-0.15, -0.1) is 0 Å². The molecule has 2 saturated carbocycles. The molecular weight excluding hydrogens is 256 g/mol. The summed E-state index contributed by atoms with van der Waals surface area (Å²) in [4.78, 5) is 2.40. The Labute approximate surface area is 121 Å². The predicted molar refractivity (Wildman–Crippen MR) is 82.0 cm³/mol. The molecule has 0 saturated heterocycles. The van der Waals surface area contributed by atoms with Crippen molar-refractivity contribution in [3.63, 3.8) is 0 Å². The van der Waals surface area contributed by atoms with Gasteiger partial charge in [-0.25, -0.2) is 0 Å². The highest BCUT2D eigenvalue weighted by molar-refractivity contribution is 6.31. The Balaban J connectivity index is 1.66. The highest BCUT2D eigenvalue weighted by atomic mass is 35.5. The van der Waals surface area contributed by atoms with Crippen LogP contribution >= 0.6 is 11.6 Å². The van der Waals surface area contributed by atoms with Crippen LogP contribution in [0, 0.1) is 0 Å². The van der Waals surface area contributed by atoms with Gasteiger partial charge in [0, 0.05) is 36.4 Å². The average molecular weight is 279 g/mol. The normalized spacial score (nSPS) is 19.9. The van der Waals surface area contributed by atoms with Crippen LogP contribution in [0.2, 0.25) is 5.02 Å². The molecule has 1 aromatic rings. The Morgan fingerprint density at radius 1 is 1.21 bits per heavy atom. The molecule has 3 rings (SSSR count). The fourth-order valence-electron chi connectivity index (χ4n) is 2.94. The number of hydrogen-bond acceptors (Lipinski definition) is 2. The van der Waals surface area contributed by atoms with Gasteiger partial charge in [0.2, 0.25) is 0 Å². The first-order chi connectivity index (χ1) is 9.24. The van der Waals surface area contributed by atoms with Crippen LogP contribution in [0.15, 0.2) is 18.2 Å². The number of nitrogens with zero attached hydrogens (tertiary/aromatic N) is 1. The van der Waals surface area contributed by atoms with E-state index in [1.807, 2.05) is 0 Å². The van der Waals surface area contributed by atoms with E-state index in [0.29, 0.717) is 6.04 Å². The minimum Gasteiger partial charge on any atom is -0.372 e. The fraction of sp³-hybridized carbons (Fsp3) is 0.625. The van der Waals surface area contributed by atoms with E-state index in [0.717, 1.165) is 17.6 Å². The number of rotatable bonds is 5. The lowest BCUT2D eigenvalue weighted by atomic mass is 10.1. The van der Waals surface area contributed by atoms with E-state index in [4.69, 9.17) is 11.6 Å². The van der Waals surface area contributed by atoms with Gasteiger partial charge in [0.25, 0.3) is 0 Å². The Hall–Kier alpha value is -0.730. The third kappa shape index (κ3) is 3.24. The number of halogens is 1. The summed E-state index contributed by atoms with van der Waals surface area (Å²) >= 11 is 6.42. The molecule has 0 spiro atoms. The van der Waals surface area contributed by atoms with Crippen molar-refractivity contribution in [1.29, 1.82) is 0 Å². The second-order valence-electron chi connectivity index (χ2n) is 5.98. The van der Waals surface area contributed by atoms with Crippen molar-refractivity contribution in [2.75, 3.05) is 11.9 Å². The largest absolute Gasteiger partial charge is 0.372 e. The van der Waals surface area contributed by atoms with Crippen LogP contribution in [0.1, 0.15) is 44.1 Å². The second kappa shape index (κ2) is 5.72. The molecule has 104 valence electrons. The molecule has 0 atom stereocenters. The molecule has 3 heteroatoms. The molecule has 19 heavy (non-hydrogen) atoms. The fourth-order valence-corrected chi connectivity index (χ4v) is 3.18. The molecule has 0 heterocycles. The molecule has 2 aliphatic carbocycles. The summed E-state index contributed by atoms with van der Waals surface area (Å²) in [5.41, 5.74) is 2.48. The maximum absolute atomic E-state index is 6.42. The minimum atomic E-state index is 0.700. The van der Waals surface area contributed by atoms with Crippen LogP contribution in [0.5, 0.6) is 0 Å². The monoisotopic (exact) mass is 278 g/mol. The van der Waals surface area contributed by atoms with Crippen molar-refractivity contribution in [3.05, 3.63) is 28.8 Å². The van der Waals surface area contributed by atoms with Gasteiger partial charge in [0.1, 0.15) is 0 Å². The summed E-state index contributed by atoms with van der Waals surface area (Å²) in [6.07, 6.45) is 8.01. The van der Waals surface area contributed by atoms with Crippen LogP contribution in [0.25, 0.3) is 0 Å². The molecule has 1 N–H and O–H groups in total. The Morgan fingerprint density at radius 2 is 1.95 bits per heavy atom. The first-order valence-corrected chi connectivity index (χ1v) is 7.86. The summed E-state index contributed by atoms with van der Waals surface area (Å²) in [6.45, 7) is 0.900. The zero-order valence-electron chi connectivity index (χ0n) is 11.7. The van der Waals surface area contributed by atoms with Gasteiger partial charge >= 0.3 is 0 Å². The van der Waals surface area contributed by atoms with Gasteiger partial charge in [-0.05, 0) is 43.4 Å². The molecule has 1 aromatic carbocycles. The molecular formula is C16H23ClN2. The molecule has 0 bridgehead atoms. The highest BCUT2D eigenvalue weighted by Crippen LogP contribution is 2.30. The minimum absolute atomic E-state index is 0.700. The van der Waals surface area contributed by atoms with Gasteiger partial charge in [0.05, 0.1) is 0 Å².